The van der Waals surface area contributed by atoms with Gasteiger partial charge in [0.15, 0.2) is 0 Å². The molecule has 3 heteroatoms. The van der Waals surface area contributed by atoms with E-state index in [9.17, 15) is 5.26 Å². The van der Waals surface area contributed by atoms with Crippen LogP contribution in [-0.4, -0.2) is 31.1 Å². The second kappa shape index (κ2) is 6.70. The zero-order chi connectivity index (χ0) is 13.7. The molecule has 102 valence electrons. The van der Waals surface area contributed by atoms with Gasteiger partial charge in [0.2, 0.25) is 0 Å². The van der Waals surface area contributed by atoms with Gasteiger partial charge in [0.25, 0.3) is 0 Å². The molecule has 2 rings (SSSR count). The maximum absolute atomic E-state index is 9.34. The Morgan fingerprint density at radius 1 is 1.32 bits per heavy atom. The number of nitrogens with one attached hydrogen (secondary N) is 1. The van der Waals surface area contributed by atoms with Crippen molar-refractivity contribution in [3.8, 4) is 6.07 Å². The van der Waals surface area contributed by atoms with Gasteiger partial charge in [0, 0.05) is 32.2 Å². The summed E-state index contributed by atoms with van der Waals surface area (Å²) in [5.74, 6) is 0.563. The van der Waals surface area contributed by atoms with Crippen LogP contribution in [0, 0.1) is 17.2 Å². The Kier molecular flexibility index (Phi) is 4.95. The Balaban J connectivity index is 2.34. The third-order valence-electron chi connectivity index (χ3n) is 4.13. The van der Waals surface area contributed by atoms with Crippen LogP contribution in [0.15, 0.2) is 24.3 Å². The van der Waals surface area contributed by atoms with Crippen LogP contribution in [0.4, 0.5) is 0 Å². The van der Waals surface area contributed by atoms with Gasteiger partial charge in [0.05, 0.1) is 11.6 Å². The summed E-state index contributed by atoms with van der Waals surface area (Å²) in [6.45, 7) is 8.74. The third-order valence-corrected chi connectivity index (χ3v) is 4.13. The largest absolute Gasteiger partial charge is 0.314 e. The maximum atomic E-state index is 9.34. The van der Waals surface area contributed by atoms with E-state index in [0.29, 0.717) is 12.0 Å². The number of nitriles is 1. The SMILES string of the molecule is CCC(C)[C@@H](c1ccccc1C#N)N1CCNCC1. The summed E-state index contributed by atoms with van der Waals surface area (Å²) < 4.78 is 0. The van der Waals surface area contributed by atoms with E-state index in [-0.39, 0.29) is 0 Å². The molecule has 1 aliphatic rings. The molecule has 1 heterocycles. The van der Waals surface area contributed by atoms with Crippen molar-refractivity contribution in [2.24, 2.45) is 5.92 Å². The first-order valence-corrected chi connectivity index (χ1v) is 7.21. The molecule has 1 fully saturated rings. The van der Waals surface area contributed by atoms with Crippen LogP contribution in [0.3, 0.4) is 0 Å². The molecule has 1 aliphatic heterocycles. The highest BCUT2D eigenvalue weighted by molar-refractivity contribution is 5.39. The van der Waals surface area contributed by atoms with Crippen molar-refractivity contribution in [1.82, 2.24) is 10.2 Å². The van der Waals surface area contributed by atoms with E-state index in [4.69, 9.17) is 0 Å². The molecule has 1 N–H and O–H groups in total. The molecule has 0 saturated carbocycles. The number of piperazine rings is 1. The predicted octanol–water partition coefficient (Wildman–Crippen LogP) is 2.55. The van der Waals surface area contributed by atoms with Gasteiger partial charge in [-0.25, -0.2) is 0 Å². The lowest BCUT2D eigenvalue weighted by Gasteiger charge is -2.38. The van der Waals surface area contributed by atoms with Crippen molar-refractivity contribution < 1.29 is 0 Å². The molecule has 0 amide bonds. The number of rotatable bonds is 4. The molecule has 0 spiro atoms. The summed E-state index contributed by atoms with van der Waals surface area (Å²) in [7, 11) is 0. The van der Waals surface area contributed by atoms with Gasteiger partial charge in [-0.3, -0.25) is 4.90 Å². The molecular weight excluding hydrogens is 234 g/mol. The van der Waals surface area contributed by atoms with Gasteiger partial charge in [-0.2, -0.15) is 5.26 Å². The van der Waals surface area contributed by atoms with E-state index in [2.05, 4.69) is 36.2 Å². The average molecular weight is 257 g/mol. The molecule has 1 unspecified atom stereocenters. The van der Waals surface area contributed by atoms with Gasteiger partial charge >= 0.3 is 0 Å². The van der Waals surface area contributed by atoms with Crippen molar-refractivity contribution in [2.75, 3.05) is 26.2 Å². The van der Waals surface area contributed by atoms with Crippen LogP contribution in [-0.2, 0) is 0 Å². The molecule has 0 radical (unpaired) electrons. The summed E-state index contributed by atoms with van der Waals surface area (Å²) in [4.78, 5) is 2.53. The molecule has 19 heavy (non-hydrogen) atoms. The molecule has 1 saturated heterocycles. The average Bonchev–Trinajstić information content (AvgIpc) is 2.49. The van der Waals surface area contributed by atoms with Gasteiger partial charge < -0.3 is 5.32 Å². The van der Waals surface area contributed by atoms with Crippen molar-refractivity contribution in [2.45, 2.75) is 26.3 Å². The minimum Gasteiger partial charge on any atom is -0.314 e. The fraction of sp³-hybridized carbons (Fsp3) is 0.562. The number of benzene rings is 1. The van der Waals surface area contributed by atoms with Crippen LogP contribution in [0.2, 0.25) is 0 Å². The Hall–Kier alpha value is -1.37. The van der Waals surface area contributed by atoms with E-state index >= 15 is 0 Å². The van der Waals surface area contributed by atoms with E-state index < -0.39 is 0 Å². The van der Waals surface area contributed by atoms with Gasteiger partial charge in [-0.1, -0.05) is 38.5 Å². The molecular formula is C16H23N3. The smallest absolute Gasteiger partial charge is 0.0995 e. The maximum Gasteiger partial charge on any atom is 0.0995 e. The fourth-order valence-electron chi connectivity index (χ4n) is 2.90. The van der Waals surface area contributed by atoms with Crippen molar-refractivity contribution >= 4 is 0 Å². The highest BCUT2D eigenvalue weighted by Gasteiger charge is 2.27. The fourth-order valence-corrected chi connectivity index (χ4v) is 2.90. The van der Waals surface area contributed by atoms with Crippen molar-refractivity contribution in [3.63, 3.8) is 0 Å². The van der Waals surface area contributed by atoms with Crippen molar-refractivity contribution in [3.05, 3.63) is 35.4 Å². The standard InChI is InChI=1S/C16H23N3/c1-3-13(2)16(19-10-8-18-9-11-19)15-7-5-4-6-14(15)12-17/h4-7,13,16,18H,3,8-11H2,1-2H3/t13?,16-/m0/s1. The van der Waals surface area contributed by atoms with Crippen molar-refractivity contribution in [1.29, 1.82) is 5.26 Å². The van der Waals surface area contributed by atoms with E-state index in [1.54, 1.807) is 0 Å². The molecule has 3 nitrogen and oxygen atoms in total. The highest BCUT2D eigenvalue weighted by Crippen LogP contribution is 2.32. The molecule has 0 bridgehead atoms. The molecule has 1 aromatic rings. The Bertz CT molecular complexity index is 444. The van der Waals surface area contributed by atoms with Crippen LogP contribution < -0.4 is 5.32 Å². The molecule has 1 aromatic carbocycles. The van der Waals surface area contributed by atoms with Crippen LogP contribution in [0.5, 0.6) is 0 Å². The number of hydrogen-bond acceptors (Lipinski definition) is 3. The first-order valence-electron chi connectivity index (χ1n) is 7.21. The second-order valence-electron chi connectivity index (χ2n) is 5.32. The summed E-state index contributed by atoms with van der Waals surface area (Å²) >= 11 is 0. The highest BCUT2D eigenvalue weighted by atomic mass is 15.2. The Labute approximate surface area is 116 Å². The predicted molar refractivity (Wildman–Crippen MR) is 77.8 cm³/mol. The van der Waals surface area contributed by atoms with E-state index in [0.717, 1.165) is 38.2 Å². The Morgan fingerprint density at radius 2 is 2.00 bits per heavy atom. The van der Waals surface area contributed by atoms with E-state index in [1.165, 1.54) is 5.56 Å². The monoisotopic (exact) mass is 257 g/mol. The third kappa shape index (κ3) is 3.15. The minimum atomic E-state index is 0.364. The summed E-state index contributed by atoms with van der Waals surface area (Å²) in [6, 6.07) is 10.8. The number of hydrogen-bond donors (Lipinski definition) is 1. The van der Waals surface area contributed by atoms with Gasteiger partial charge in [-0.15, -0.1) is 0 Å². The Morgan fingerprint density at radius 3 is 2.63 bits per heavy atom. The normalized spacial score (nSPS) is 19.6. The van der Waals surface area contributed by atoms with E-state index in [1.807, 2.05) is 18.2 Å². The zero-order valence-corrected chi connectivity index (χ0v) is 11.9. The number of nitrogens with zero attached hydrogens (tertiary/aromatic N) is 2. The molecule has 0 aromatic heterocycles. The van der Waals surface area contributed by atoms with Crippen LogP contribution >= 0.6 is 0 Å². The first-order chi connectivity index (χ1) is 9.27. The first kappa shape index (κ1) is 14.0. The zero-order valence-electron chi connectivity index (χ0n) is 11.9. The topological polar surface area (TPSA) is 39.1 Å². The quantitative estimate of drug-likeness (QED) is 0.901. The lowest BCUT2D eigenvalue weighted by atomic mass is 9.88. The minimum absolute atomic E-state index is 0.364. The molecule has 0 aliphatic carbocycles. The van der Waals surface area contributed by atoms with Gasteiger partial charge in [0.1, 0.15) is 0 Å². The molecule has 2 atom stereocenters. The van der Waals surface area contributed by atoms with Gasteiger partial charge in [-0.05, 0) is 17.5 Å². The lowest BCUT2D eigenvalue weighted by Crippen LogP contribution is -2.46. The lowest BCUT2D eigenvalue weighted by molar-refractivity contribution is 0.128. The summed E-state index contributed by atoms with van der Waals surface area (Å²) in [6.07, 6.45) is 1.13. The van der Waals surface area contributed by atoms with Crippen LogP contribution in [0.1, 0.15) is 37.4 Å². The second-order valence-corrected chi connectivity index (χ2v) is 5.32. The summed E-state index contributed by atoms with van der Waals surface area (Å²) in [5.41, 5.74) is 2.02. The summed E-state index contributed by atoms with van der Waals surface area (Å²) in [5, 5.41) is 12.7. The van der Waals surface area contributed by atoms with Crippen LogP contribution in [0.25, 0.3) is 0 Å².